The number of hydrogen-bond acceptors (Lipinski definition) is 4. The molecule has 1 aliphatic rings. The van der Waals surface area contributed by atoms with Gasteiger partial charge in [0.2, 0.25) is 0 Å². The Labute approximate surface area is 119 Å². The largest absolute Gasteiger partial charge is 0.433 e. The molecule has 1 atom stereocenters. The summed E-state index contributed by atoms with van der Waals surface area (Å²) in [5.74, 6) is 0.00109. The van der Waals surface area contributed by atoms with Gasteiger partial charge < -0.3 is 15.4 Å². The highest BCUT2D eigenvalue weighted by Crippen LogP contribution is 2.29. The van der Waals surface area contributed by atoms with Gasteiger partial charge in [-0.3, -0.25) is 4.79 Å². The van der Waals surface area contributed by atoms with Crippen LogP contribution in [-0.2, 0) is 0 Å². The van der Waals surface area contributed by atoms with Crippen LogP contribution in [0, 0.1) is 5.92 Å². The summed E-state index contributed by atoms with van der Waals surface area (Å²) < 4.78 is 28.7. The number of hydrogen-bond donors (Lipinski definition) is 1. The third-order valence-electron chi connectivity index (χ3n) is 2.95. The van der Waals surface area contributed by atoms with Gasteiger partial charge in [0, 0.05) is 13.1 Å². The number of halogens is 3. The van der Waals surface area contributed by atoms with Crippen LogP contribution in [0.4, 0.5) is 8.78 Å². The minimum Gasteiger partial charge on any atom is -0.433 e. The highest BCUT2D eigenvalue weighted by molar-refractivity contribution is 7.12. The van der Waals surface area contributed by atoms with Crippen molar-refractivity contribution in [3.8, 4) is 5.75 Å². The van der Waals surface area contributed by atoms with Crippen molar-refractivity contribution in [2.75, 3.05) is 19.6 Å². The first-order chi connectivity index (χ1) is 8.61. The molecule has 2 N–H and O–H groups in total. The van der Waals surface area contributed by atoms with Crippen LogP contribution in [0.5, 0.6) is 5.75 Å². The molecule has 108 valence electrons. The lowest BCUT2D eigenvalue weighted by atomic mass is 10.1. The molecule has 19 heavy (non-hydrogen) atoms. The van der Waals surface area contributed by atoms with Gasteiger partial charge in [0.15, 0.2) is 0 Å². The first kappa shape index (κ1) is 16.1. The van der Waals surface area contributed by atoms with Gasteiger partial charge in [-0.05, 0) is 30.3 Å². The first-order valence-corrected chi connectivity index (χ1v) is 6.51. The molecule has 0 aromatic carbocycles. The molecule has 1 unspecified atom stereocenters. The molecule has 1 aromatic heterocycles. The Morgan fingerprint density at radius 3 is 2.95 bits per heavy atom. The molecular weight excluding hydrogens is 298 g/mol. The van der Waals surface area contributed by atoms with Crippen LogP contribution in [0.15, 0.2) is 11.4 Å². The highest BCUT2D eigenvalue weighted by atomic mass is 35.5. The lowest BCUT2D eigenvalue weighted by Gasteiger charge is -2.16. The number of nitrogens with two attached hydrogens (primary N) is 1. The summed E-state index contributed by atoms with van der Waals surface area (Å²) in [6.07, 6.45) is 0.860. The molecule has 0 saturated carbocycles. The van der Waals surface area contributed by atoms with Crippen LogP contribution in [0.2, 0.25) is 0 Å². The molecule has 1 amide bonds. The molecule has 1 aromatic rings. The maximum absolute atomic E-state index is 12.2. The number of nitrogens with zero attached hydrogens (tertiary/aromatic N) is 1. The fourth-order valence-electron chi connectivity index (χ4n) is 2.00. The van der Waals surface area contributed by atoms with Gasteiger partial charge in [0.25, 0.3) is 5.91 Å². The molecule has 8 heteroatoms. The second kappa shape index (κ2) is 7.02. The summed E-state index contributed by atoms with van der Waals surface area (Å²) >= 11 is 1.11. The molecule has 2 rings (SSSR count). The summed E-state index contributed by atoms with van der Waals surface area (Å²) in [4.78, 5) is 14.0. The summed E-state index contributed by atoms with van der Waals surface area (Å²) in [6, 6.07) is 1.39. The van der Waals surface area contributed by atoms with Gasteiger partial charge >= 0.3 is 6.61 Å². The summed E-state index contributed by atoms with van der Waals surface area (Å²) in [5, 5.41) is 1.57. The van der Waals surface area contributed by atoms with Gasteiger partial charge in [-0.15, -0.1) is 23.7 Å². The van der Waals surface area contributed by atoms with E-state index >= 15 is 0 Å². The minimum atomic E-state index is -2.92. The van der Waals surface area contributed by atoms with Crippen molar-refractivity contribution in [1.82, 2.24) is 4.90 Å². The number of carbonyl (C=O) groups excluding carboxylic acids is 1. The van der Waals surface area contributed by atoms with E-state index in [1.54, 1.807) is 10.3 Å². The van der Waals surface area contributed by atoms with Crippen LogP contribution in [-0.4, -0.2) is 37.1 Å². The molecule has 0 spiro atoms. The monoisotopic (exact) mass is 312 g/mol. The van der Waals surface area contributed by atoms with Gasteiger partial charge in [0.1, 0.15) is 10.6 Å². The number of likely N-dealkylation sites (tertiary alicyclic amines) is 1. The van der Waals surface area contributed by atoms with Crippen molar-refractivity contribution in [2.45, 2.75) is 13.0 Å². The number of carbonyl (C=O) groups is 1. The van der Waals surface area contributed by atoms with E-state index in [2.05, 4.69) is 4.74 Å². The molecule has 2 heterocycles. The smallest absolute Gasteiger partial charge is 0.387 e. The van der Waals surface area contributed by atoms with E-state index in [9.17, 15) is 13.6 Å². The minimum absolute atomic E-state index is 0. The Kier molecular flexibility index (Phi) is 5.96. The number of thiophene rings is 1. The standard InChI is InChI=1S/C11H14F2N2O2S.ClH/c12-11(13)17-8-2-4-18-9(8)10(16)15-3-1-7(5-14)6-15;/h2,4,7,11H,1,3,5-6,14H2;1H. The number of ether oxygens (including phenoxy) is 1. The zero-order valence-electron chi connectivity index (χ0n) is 10.1. The number of rotatable bonds is 4. The third kappa shape index (κ3) is 3.77. The lowest BCUT2D eigenvalue weighted by Crippen LogP contribution is -2.29. The maximum atomic E-state index is 12.2. The predicted molar refractivity (Wildman–Crippen MR) is 71.3 cm³/mol. The Morgan fingerprint density at radius 2 is 2.37 bits per heavy atom. The van der Waals surface area contributed by atoms with Crippen molar-refractivity contribution in [2.24, 2.45) is 11.7 Å². The van der Waals surface area contributed by atoms with Crippen molar-refractivity contribution < 1.29 is 18.3 Å². The Morgan fingerprint density at radius 1 is 1.63 bits per heavy atom. The number of amides is 1. The van der Waals surface area contributed by atoms with Crippen LogP contribution in [0.3, 0.4) is 0 Å². The van der Waals surface area contributed by atoms with E-state index in [1.807, 2.05) is 0 Å². The molecule has 1 saturated heterocycles. The van der Waals surface area contributed by atoms with E-state index in [0.29, 0.717) is 25.6 Å². The normalized spacial score (nSPS) is 18.5. The molecule has 0 aliphatic carbocycles. The first-order valence-electron chi connectivity index (χ1n) is 5.63. The maximum Gasteiger partial charge on any atom is 0.387 e. The average molecular weight is 313 g/mol. The third-order valence-corrected chi connectivity index (χ3v) is 3.83. The molecule has 1 fully saturated rings. The van der Waals surface area contributed by atoms with Crippen LogP contribution < -0.4 is 10.5 Å². The van der Waals surface area contributed by atoms with Crippen molar-refractivity contribution in [3.63, 3.8) is 0 Å². The summed E-state index contributed by atoms with van der Waals surface area (Å²) in [7, 11) is 0. The van der Waals surface area contributed by atoms with Crippen LogP contribution >= 0.6 is 23.7 Å². The number of alkyl halides is 2. The highest BCUT2D eigenvalue weighted by Gasteiger charge is 2.29. The molecular formula is C11H15ClF2N2O2S. The van der Waals surface area contributed by atoms with Crippen molar-refractivity contribution in [1.29, 1.82) is 0 Å². The SMILES string of the molecule is Cl.NCC1CCN(C(=O)c2sccc2OC(F)F)C1. The van der Waals surface area contributed by atoms with Gasteiger partial charge in [-0.2, -0.15) is 8.78 Å². The molecule has 1 aliphatic heterocycles. The molecule has 4 nitrogen and oxygen atoms in total. The molecule has 0 radical (unpaired) electrons. The quantitative estimate of drug-likeness (QED) is 0.927. The van der Waals surface area contributed by atoms with Crippen molar-refractivity contribution >= 4 is 29.7 Å². The predicted octanol–water partition coefficient (Wildman–Crippen LogP) is 2.19. The van der Waals surface area contributed by atoms with Gasteiger partial charge in [-0.25, -0.2) is 0 Å². The average Bonchev–Trinajstić information content (AvgIpc) is 2.95. The lowest BCUT2D eigenvalue weighted by molar-refractivity contribution is -0.0499. The fourth-order valence-corrected chi connectivity index (χ4v) is 2.79. The molecule has 0 bridgehead atoms. The summed E-state index contributed by atoms with van der Waals surface area (Å²) in [6.45, 7) is -1.18. The Balaban J connectivity index is 0.00000180. The second-order valence-corrected chi connectivity index (χ2v) is 5.05. The van der Waals surface area contributed by atoms with Crippen molar-refractivity contribution in [3.05, 3.63) is 16.3 Å². The zero-order chi connectivity index (χ0) is 13.1. The van der Waals surface area contributed by atoms with E-state index in [0.717, 1.165) is 17.8 Å². The second-order valence-electron chi connectivity index (χ2n) is 4.13. The van der Waals surface area contributed by atoms with Crippen LogP contribution in [0.1, 0.15) is 16.1 Å². The Hall–Kier alpha value is -0.920. The topological polar surface area (TPSA) is 55.6 Å². The van der Waals surface area contributed by atoms with E-state index in [-0.39, 0.29) is 28.9 Å². The van der Waals surface area contributed by atoms with E-state index in [4.69, 9.17) is 5.73 Å². The Bertz CT molecular complexity index is 431. The van der Waals surface area contributed by atoms with E-state index in [1.165, 1.54) is 6.07 Å². The summed E-state index contributed by atoms with van der Waals surface area (Å²) in [5.41, 5.74) is 5.55. The van der Waals surface area contributed by atoms with Crippen LogP contribution in [0.25, 0.3) is 0 Å². The zero-order valence-corrected chi connectivity index (χ0v) is 11.7. The van der Waals surface area contributed by atoms with Gasteiger partial charge in [-0.1, -0.05) is 0 Å². The fraction of sp³-hybridized carbons (Fsp3) is 0.545. The van der Waals surface area contributed by atoms with E-state index < -0.39 is 6.61 Å². The van der Waals surface area contributed by atoms with Gasteiger partial charge in [0.05, 0.1) is 0 Å².